The van der Waals surface area contributed by atoms with Gasteiger partial charge in [0.05, 0.1) is 17.5 Å². The Morgan fingerprint density at radius 3 is 1.90 bits per heavy atom. The van der Waals surface area contributed by atoms with E-state index >= 15 is 0 Å². The molecule has 1 aromatic carbocycles. The Morgan fingerprint density at radius 2 is 1.55 bits per heavy atom. The standard InChI is InChI=1S/C11H8Cl2F6O/c1-20-7-3-2-5(4-6(7)12)8(13)9(10(14,15)16)11(17,18)19/h2-4,8-9H,1H3. The molecule has 0 radical (unpaired) electrons. The van der Waals surface area contributed by atoms with Gasteiger partial charge in [-0.2, -0.15) is 26.3 Å². The summed E-state index contributed by atoms with van der Waals surface area (Å²) < 4.78 is 80.0. The topological polar surface area (TPSA) is 9.23 Å². The van der Waals surface area contributed by atoms with Crippen molar-refractivity contribution in [3.05, 3.63) is 28.8 Å². The number of alkyl halides is 7. The van der Waals surface area contributed by atoms with Crippen molar-refractivity contribution >= 4 is 23.2 Å². The van der Waals surface area contributed by atoms with E-state index in [1.54, 1.807) is 0 Å². The van der Waals surface area contributed by atoms with E-state index in [9.17, 15) is 26.3 Å². The van der Waals surface area contributed by atoms with Gasteiger partial charge in [0.2, 0.25) is 0 Å². The Kier molecular flexibility index (Phi) is 5.08. The van der Waals surface area contributed by atoms with Crippen LogP contribution >= 0.6 is 23.2 Å². The van der Waals surface area contributed by atoms with Crippen LogP contribution in [0.25, 0.3) is 0 Å². The van der Waals surface area contributed by atoms with E-state index in [-0.39, 0.29) is 10.8 Å². The molecule has 9 heteroatoms. The maximum Gasteiger partial charge on any atom is 0.402 e. The maximum atomic E-state index is 12.5. The van der Waals surface area contributed by atoms with E-state index in [0.29, 0.717) is 0 Å². The maximum absolute atomic E-state index is 12.5. The fraction of sp³-hybridized carbons (Fsp3) is 0.455. The summed E-state index contributed by atoms with van der Waals surface area (Å²) >= 11 is 11.0. The van der Waals surface area contributed by atoms with E-state index in [1.165, 1.54) is 7.11 Å². The lowest BCUT2D eigenvalue weighted by Crippen LogP contribution is -2.39. The second kappa shape index (κ2) is 5.89. The molecule has 20 heavy (non-hydrogen) atoms. The number of ether oxygens (including phenoxy) is 1. The number of benzene rings is 1. The first-order chi connectivity index (χ1) is 8.98. The summed E-state index contributed by atoms with van der Waals surface area (Å²) in [6, 6.07) is 3.08. The van der Waals surface area contributed by atoms with Gasteiger partial charge in [-0.15, -0.1) is 11.6 Å². The Labute approximate surface area is 120 Å². The fourth-order valence-corrected chi connectivity index (χ4v) is 2.25. The molecule has 0 spiro atoms. The van der Waals surface area contributed by atoms with Gasteiger partial charge in [0.1, 0.15) is 5.75 Å². The molecular formula is C11H8Cl2F6O. The van der Waals surface area contributed by atoms with Crippen molar-refractivity contribution in [2.24, 2.45) is 5.92 Å². The molecule has 0 aromatic heterocycles. The average Bonchev–Trinajstić information content (AvgIpc) is 2.24. The van der Waals surface area contributed by atoms with Gasteiger partial charge in [-0.05, 0) is 17.7 Å². The van der Waals surface area contributed by atoms with Crippen molar-refractivity contribution in [1.82, 2.24) is 0 Å². The molecule has 0 heterocycles. The summed E-state index contributed by atoms with van der Waals surface area (Å²) in [7, 11) is 1.26. The quantitative estimate of drug-likeness (QED) is 0.531. The lowest BCUT2D eigenvalue weighted by Gasteiger charge is -2.27. The van der Waals surface area contributed by atoms with Gasteiger partial charge >= 0.3 is 12.4 Å². The molecule has 0 saturated carbocycles. The summed E-state index contributed by atoms with van der Waals surface area (Å²) in [6.07, 6.45) is -11.0. The monoisotopic (exact) mass is 340 g/mol. The molecule has 0 saturated heterocycles. The second-order valence-electron chi connectivity index (χ2n) is 3.86. The number of hydrogen-bond acceptors (Lipinski definition) is 1. The highest BCUT2D eigenvalue weighted by Gasteiger charge is 2.60. The Morgan fingerprint density at radius 1 is 1.05 bits per heavy atom. The minimum atomic E-state index is -5.52. The smallest absolute Gasteiger partial charge is 0.402 e. The van der Waals surface area contributed by atoms with Crippen LogP contribution in [-0.2, 0) is 0 Å². The van der Waals surface area contributed by atoms with Crippen LogP contribution in [0.4, 0.5) is 26.3 Å². The van der Waals surface area contributed by atoms with E-state index in [2.05, 4.69) is 0 Å². The van der Waals surface area contributed by atoms with Crippen LogP contribution in [0, 0.1) is 5.92 Å². The van der Waals surface area contributed by atoms with Gasteiger partial charge in [0, 0.05) is 0 Å². The fourth-order valence-electron chi connectivity index (χ4n) is 1.56. The van der Waals surface area contributed by atoms with E-state index in [4.69, 9.17) is 27.9 Å². The van der Waals surface area contributed by atoms with E-state index < -0.39 is 29.2 Å². The van der Waals surface area contributed by atoms with Gasteiger partial charge in [0.25, 0.3) is 0 Å². The minimum Gasteiger partial charge on any atom is -0.495 e. The molecule has 0 bridgehead atoms. The number of hydrogen-bond donors (Lipinski definition) is 0. The Balaban J connectivity index is 3.20. The Hall–Kier alpha value is -0.820. The van der Waals surface area contributed by atoms with Crippen LogP contribution < -0.4 is 4.74 Å². The highest BCUT2D eigenvalue weighted by molar-refractivity contribution is 6.32. The first-order valence-electron chi connectivity index (χ1n) is 5.09. The highest BCUT2D eigenvalue weighted by Crippen LogP contribution is 2.49. The predicted molar refractivity (Wildman–Crippen MR) is 62.2 cm³/mol. The summed E-state index contributed by atoms with van der Waals surface area (Å²) in [4.78, 5) is 0. The first-order valence-corrected chi connectivity index (χ1v) is 5.91. The zero-order chi connectivity index (χ0) is 15.7. The van der Waals surface area contributed by atoms with Crippen molar-refractivity contribution < 1.29 is 31.1 Å². The third kappa shape index (κ3) is 3.85. The molecule has 0 amide bonds. The lowest BCUT2D eigenvalue weighted by atomic mass is 9.97. The number of halogens is 8. The van der Waals surface area contributed by atoms with Gasteiger partial charge < -0.3 is 4.74 Å². The third-order valence-corrected chi connectivity index (χ3v) is 3.29. The minimum absolute atomic E-state index is 0.120. The molecule has 0 aliphatic carbocycles. The van der Waals surface area contributed by atoms with Crippen molar-refractivity contribution in [1.29, 1.82) is 0 Å². The van der Waals surface area contributed by atoms with Crippen LogP contribution in [0.3, 0.4) is 0 Å². The molecule has 1 rings (SSSR count). The zero-order valence-corrected chi connectivity index (χ0v) is 11.3. The first kappa shape index (κ1) is 17.2. The van der Waals surface area contributed by atoms with Gasteiger partial charge in [-0.25, -0.2) is 0 Å². The van der Waals surface area contributed by atoms with Crippen molar-refractivity contribution in [2.45, 2.75) is 17.7 Å². The van der Waals surface area contributed by atoms with Gasteiger partial charge in [-0.3, -0.25) is 0 Å². The molecule has 0 aliphatic rings. The van der Waals surface area contributed by atoms with E-state index in [0.717, 1.165) is 18.2 Å². The lowest BCUT2D eigenvalue weighted by molar-refractivity contribution is -0.284. The molecule has 1 atom stereocenters. The predicted octanol–water partition coefficient (Wildman–Crippen LogP) is 5.37. The van der Waals surface area contributed by atoms with Gasteiger partial charge in [-0.1, -0.05) is 17.7 Å². The SMILES string of the molecule is COc1ccc(C(Cl)C(C(F)(F)F)C(F)(F)F)cc1Cl. The summed E-state index contributed by atoms with van der Waals surface area (Å²) in [6.45, 7) is 0. The average molecular weight is 341 g/mol. The zero-order valence-electron chi connectivity index (χ0n) is 9.82. The van der Waals surface area contributed by atoms with Crippen molar-refractivity contribution in [3.63, 3.8) is 0 Å². The van der Waals surface area contributed by atoms with Crippen LogP contribution in [0.1, 0.15) is 10.9 Å². The summed E-state index contributed by atoms with van der Waals surface area (Å²) in [5, 5.41) is -2.46. The summed E-state index contributed by atoms with van der Waals surface area (Å²) in [5.41, 5.74) is -0.392. The van der Waals surface area contributed by atoms with Crippen LogP contribution in [-0.4, -0.2) is 19.5 Å². The highest BCUT2D eigenvalue weighted by atomic mass is 35.5. The molecule has 1 unspecified atom stereocenters. The normalized spacial score (nSPS) is 14.5. The largest absolute Gasteiger partial charge is 0.495 e. The molecule has 114 valence electrons. The molecule has 0 aliphatic heterocycles. The van der Waals surface area contributed by atoms with Crippen LogP contribution in [0.15, 0.2) is 18.2 Å². The third-order valence-electron chi connectivity index (χ3n) is 2.49. The number of rotatable bonds is 3. The molecular weight excluding hydrogens is 333 g/mol. The second-order valence-corrected chi connectivity index (χ2v) is 4.73. The van der Waals surface area contributed by atoms with Crippen molar-refractivity contribution in [2.75, 3.05) is 7.11 Å². The number of methoxy groups -OCH3 is 1. The Bertz CT molecular complexity index is 457. The van der Waals surface area contributed by atoms with Gasteiger partial charge in [0.15, 0.2) is 5.92 Å². The van der Waals surface area contributed by atoms with Crippen LogP contribution in [0.5, 0.6) is 5.75 Å². The van der Waals surface area contributed by atoms with E-state index in [1.807, 2.05) is 0 Å². The molecule has 1 nitrogen and oxygen atoms in total. The molecule has 0 N–H and O–H groups in total. The summed E-state index contributed by atoms with van der Waals surface area (Å²) in [5.74, 6) is -3.56. The molecule has 1 aromatic rings. The molecule has 0 fully saturated rings. The van der Waals surface area contributed by atoms with Crippen LogP contribution in [0.2, 0.25) is 5.02 Å². The van der Waals surface area contributed by atoms with Crippen molar-refractivity contribution in [3.8, 4) is 5.75 Å².